The molecule has 1 aliphatic heterocycles. The Balaban J connectivity index is 3.14. The topological polar surface area (TPSA) is 70.0 Å². The Hall–Kier alpha value is 0.0800. The zero-order chi connectivity index (χ0) is 20.9. The molecule has 0 spiro atoms. The molecule has 1 fully saturated rings. The first-order chi connectivity index (χ1) is 12.4. The molecule has 0 aromatic carbocycles. The summed E-state index contributed by atoms with van der Waals surface area (Å²) in [4.78, 5) is 14.8. The number of rotatable bonds is 1. The van der Waals surface area contributed by atoms with Crippen molar-refractivity contribution in [3.63, 3.8) is 0 Å². The Bertz CT molecular complexity index is 473. The van der Waals surface area contributed by atoms with E-state index in [1.54, 1.807) is 6.92 Å². The second kappa shape index (κ2) is 10.7. The summed E-state index contributed by atoms with van der Waals surface area (Å²) < 4.78 is 5.91. The third kappa shape index (κ3) is 6.54. The molecule has 1 heterocycles. The first kappa shape index (κ1) is 25.1. The molecule has 6 heteroatoms. The summed E-state index contributed by atoms with van der Waals surface area (Å²) in [5.41, 5.74) is -1.51. The zero-order valence-corrected chi connectivity index (χ0v) is 20.3. The largest absolute Gasteiger partial charge is 0.459 e. The third-order valence-electron chi connectivity index (χ3n) is 6.38. The van der Waals surface area contributed by atoms with Gasteiger partial charge in [-0.25, -0.2) is 0 Å². The number of cyclic esters (lactones) is 1. The summed E-state index contributed by atoms with van der Waals surface area (Å²) in [7, 11) is 1.98. The van der Waals surface area contributed by atoms with Crippen LogP contribution in [0.2, 0.25) is 0 Å². The molecule has 0 unspecified atom stereocenters. The summed E-state index contributed by atoms with van der Waals surface area (Å²) in [6, 6.07) is -0.242. The normalized spacial score (nSPS) is 44.2. The Morgan fingerprint density at radius 2 is 1.85 bits per heavy atom. The second-order valence-electron chi connectivity index (χ2n) is 8.93. The highest BCUT2D eigenvalue weighted by molar-refractivity contribution is 14.1. The van der Waals surface area contributed by atoms with Crippen LogP contribution in [-0.4, -0.2) is 62.5 Å². The van der Waals surface area contributed by atoms with Gasteiger partial charge in [0.15, 0.2) is 0 Å². The van der Waals surface area contributed by atoms with Crippen LogP contribution in [0.3, 0.4) is 0 Å². The van der Waals surface area contributed by atoms with Gasteiger partial charge in [0, 0.05) is 16.5 Å². The van der Waals surface area contributed by atoms with E-state index in [4.69, 9.17) is 4.74 Å². The zero-order valence-electron chi connectivity index (χ0n) is 18.1. The average molecular weight is 497 g/mol. The quantitative estimate of drug-likeness (QED) is 0.329. The van der Waals surface area contributed by atoms with Crippen molar-refractivity contribution in [2.45, 2.75) is 95.0 Å². The molecule has 27 heavy (non-hydrogen) atoms. The van der Waals surface area contributed by atoms with Gasteiger partial charge in [-0.1, -0.05) is 56.7 Å². The van der Waals surface area contributed by atoms with Gasteiger partial charge in [0.1, 0.15) is 17.8 Å². The Morgan fingerprint density at radius 3 is 2.41 bits per heavy atom. The molecule has 1 saturated heterocycles. The predicted octanol–water partition coefficient (Wildman–Crippen LogP) is 3.64. The number of likely N-dealkylation sites (N-methyl/N-ethyl adjacent to an activating group) is 1. The van der Waals surface area contributed by atoms with Crippen LogP contribution < -0.4 is 0 Å². The average Bonchev–Trinajstić information content (AvgIpc) is 2.61. The van der Waals surface area contributed by atoms with Crippen molar-refractivity contribution in [2.24, 2.45) is 17.8 Å². The molecule has 160 valence electrons. The van der Waals surface area contributed by atoms with Crippen molar-refractivity contribution in [1.82, 2.24) is 4.90 Å². The maximum absolute atomic E-state index is 12.7. The van der Waals surface area contributed by atoms with Gasteiger partial charge in [0.05, 0.1) is 5.92 Å². The highest BCUT2D eigenvalue weighted by Crippen LogP contribution is 2.31. The van der Waals surface area contributed by atoms with E-state index in [2.05, 4.69) is 41.3 Å². The van der Waals surface area contributed by atoms with E-state index in [-0.39, 0.29) is 21.9 Å². The van der Waals surface area contributed by atoms with E-state index in [0.717, 1.165) is 25.8 Å². The van der Waals surface area contributed by atoms with Crippen molar-refractivity contribution in [3.05, 3.63) is 0 Å². The highest BCUT2D eigenvalue weighted by atomic mass is 127. The number of nitrogens with zero attached hydrogens (tertiary/aromatic N) is 1. The minimum atomic E-state index is -1.51. The van der Waals surface area contributed by atoms with Crippen molar-refractivity contribution in [3.8, 4) is 0 Å². The molecular formula is C21H40INO4. The van der Waals surface area contributed by atoms with Crippen LogP contribution in [0.1, 0.15) is 67.2 Å². The van der Waals surface area contributed by atoms with Gasteiger partial charge in [0.25, 0.3) is 0 Å². The summed E-state index contributed by atoms with van der Waals surface area (Å²) in [5, 5.41) is 22.0. The minimum absolute atomic E-state index is 0.185. The number of alkyl halides is 1. The van der Waals surface area contributed by atoms with Crippen LogP contribution in [0, 0.1) is 17.8 Å². The van der Waals surface area contributed by atoms with Crippen LogP contribution in [-0.2, 0) is 9.53 Å². The highest BCUT2D eigenvalue weighted by Gasteiger charge is 2.45. The molecule has 1 rings (SSSR count). The lowest BCUT2D eigenvalue weighted by molar-refractivity contribution is -0.189. The first-order valence-corrected chi connectivity index (χ1v) is 11.6. The minimum Gasteiger partial charge on any atom is -0.459 e. The molecule has 0 amide bonds. The molecule has 0 aliphatic carbocycles. The van der Waals surface area contributed by atoms with Gasteiger partial charge in [-0.2, -0.15) is 0 Å². The van der Waals surface area contributed by atoms with Crippen LogP contribution in [0.25, 0.3) is 0 Å². The van der Waals surface area contributed by atoms with Crippen molar-refractivity contribution >= 4 is 28.6 Å². The van der Waals surface area contributed by atoms with Gasteiger partial charge in [0.2, 0.25) is 0 Å². The summed E-state index contributed by atoms with van der Waals surface area (Å²) >= 11 is 2.37. The second-order valence-corrected chi connectivity index (χ2v) is 10.4. The number of halogens is 1. The van der Waals surface area contributed by atoms with Gasteiger partial charge < -0.3 is 19.8 Å². The van der Waals surface area contributed by atoms with Gasteiger partial charge in [-0.3, -0.25) is 4.79 Å². The smallest absolute Gasteiger partial charge is 0.310 e. The van der Waals surface area contributed by atoms with E-state index < -0.39 is 17.8 Å². The predicted molar refractivity (Wildman–Crippen MR) is 118 cm³/mol. The molecule has 0 radical (unpaired) electrons. The number of esters is 1. The lowest BCUT2D eigenvalue weighted by atomic mass is 9.86. The first-order valence-electron chi connectivity index (χ1n) is 10.4. The molecule has 0 aromatic rings. The lowest BCUT2D eigenvalue weighted by Gasteiger charge is -2.41. The van der Waals surface area contributed by atoms with Crippen molar-refractivity contribution in [2.75, 3.05) is 13.6 Å². The summed E-state index contributed by atoms with van der Waals surface area (Å²) in [6.07, 6.45) is 2.04. The van der Waals surface area contributed by atoms with E-state index in [1.165, 1.54) is 0 Å². The summed E-state index contributed by atoms with van der Waals surface area (Å²) in [6.45, 7) is 12.6. The van der Waals surface area contributed by atoms with Crippen molar-refractivity contribution in [1.29, 1.82) is 0 Å². The van der Waals surface area contributed by atoms with Gasteiger partial charge in [-0.05, 0) is 52.0 Å². The maximum Gasteiger partial charge on any atom is 0.310 e. The monoisotopic (exact) mass is 497 g/mol. The number of hydrogen-bond donors (Lipinski definition) is 2. The number of aliphatic hydroxyl groups excluding tert-OH is 1. The Kier molecular flexibility index (Phi) is 9.99. The molecule has 0 saturated carbocycles. The van der Waals surface area contributed by atoms with E-state index in [1.807, 2.05) is 27.8 Å². The number of aliphatic hydroxyl groups is 2. The van der Waals surface area contributed by atoms with Crippen LogP contribution >= 0.6 is 22.6 Å². The number of carbonyl (C=O) groups excluding carboxylic acids is 1. The Labute approximate surface area is 179 Å². The van der Waals surface area contributed by atoms with E-state index in [9.17, 15) is 15.0 Å². The standard InChI is InChI=1S/C21H40INO4/c1-8-17-21(6,26)19(24)16(5)23(7)12-13(2)10-9-11-14(3)18(22)15(4)20(25)27-17/h13-19,24,26H,8-12H2,1-7H3/t13-,14-,15-,16-,17-,18+,19-,21-/m1/s1. The fourth-order valence-electron chi connectivity index (χ4n) is 4.10. The molecule has 8 atom stereocenters. The van der Waals surface area contributed by atoms with E-state index >= 15 is 0 Å². The molecule has 0 bridgehead atoms. The lowest BCUT2D eigenvalue weighted by Crippen LogP contribution is -2.59. The maximum atomic E-state index is 12.7. The SMILES string of the molecule is CC[C@H]1OC(=O)[C@H](C)[C@@H](I)[C@H](C)CCC[C@@H](C)CN(C)[C@H](C)[C@@H](O)[C@]1(C)O. The summed E-state index contributed by atoms with van der Waals surface area (Å²) in [5.74, 6) is 0.403. The van der Waals surface area contributed by atoms with Gasteiger partial charge in [-0.15, -0.1) is 0 Å². The molecule has 0 aromatic heterocycles. The number of hydrogen-bond acceptors (Lipinski definition) is 5. The molecular weight excluding hydrogens is 457 g/mol. The van der Waals surface area contributed by atoms with Gasteiger partial charge >= 0.3 is 5.97 Å². The number of ether oxygens (including phenoxy) is 1. The Morgan fingerprint density at radius 1 is 1.26 bits per heavy atom. The number of carbonyl (C=O) groups is 1. The fourth-order valence-corrected chi connectivity index (χ4v) is 4.76. The van der Waals surface area contributed by atoms with Crippen LogP contribution in [0.5, 0.6) is 0 Å². The van der Waals surface area contributed by atoms with Crippen molar-refractivity contribution < 1.29 is 19.7 Å². The fraction of sp³-hybridized carbons (Fsp3) is 0.952. The third-order valence-corrected chi connectivity index (χ3v) is 8.69. The molecule has 5 nitrogen and oxygen atoms in total. The van der Waals surface area contributed by atoms with Crippen LogP contribution in [0.15, 0.2) is 0 Å². The molecule has 1 aliphatic rings. The molecule has 2 N–H and O–H groups in total. The van der Waals surface area contributed by atoms with Crippen LogP contribution in [0.4, 0.5) is 0 Å². The van der Waals surface area contributed by atoms with E-state index in [0.29, 0.717) is 18.3 Å².